The maximum atomic E-state index is 14.8. The summed E-state index contributed by atoms with van der Waals surface area (Å²) in [5, 5.41) is 14.0. The summed E-state index contributed by atoms with van der Waals surface area (Å²) in [6.07, 6.45) is 2.66. The molecule has 4 aromatic rings. The van der Waals surface area contributed by atoms with Crippen molar-refractivity contribution in [2.75, 3.05) is 51.1 Å². The smallest absolute Gasteiger partial charge is 0.382 e. The number of rotatable bonds is 23. The van der Waals surface area contributed by atoms with E-state index in [1.54, 1.807) is 23.1 Å². The first-order valence-electron chi connectivity index (χ1n) is 31.5. The largest absolute Gasteiger partial charge is 0.399 e. The molecule has 6 aliphatic heterocycles. The van der Waals surface area contributed by atoms with Crippen LogP contribution in [0.15, 0.2) is 66.7 Å². The van der Waals surface area contributed by atoms with Gasteiger partial charge in [0, 0.05) is 92.6 Å². The number of halogens is 4. The predicted octanol–water partition coefficient (Wildman–Crippen LogP) is 4.35. The molecule has 10 rings (SSSR count). The first-order chi connectivity index (χ1) is 44.3. The van der Waals surface area contributed by atoms with E-state index >= 15 is 0 Å². The number of hydrogen-bond acceptors (Lipinski definition) is 15. The summed E-state index contributed by atoms with van der Waals surface area (Å²) in [4.78, 5) is 163. The van der Waals surface area contributed by atoms with E-state index in [9.17, 15) is 79.9 Å². The number of likely N-dealkylation sites (tertiary alicyclic amines) is 2. The van der Waals surface area contributed by atoms with Crippen molar-refractivity contribution in [3.63, 3.8) is 0 Å². The number of anilines is 1. The number of nitrogens with zero attached hydrogens (tertiary/aromatic N) is 5. The Morgan fingerprint density at radius 1 is 0.796 bits per heavy atom. The van der Waals surface area contributed by atoms with Gasteiger partial charge in [-0.15, -0.1) is 11.3 Å². The van der Waals surface area contributed by atoms with Crippen molar-refractivity contribution in [3.05, 3.63) is 99.4 Å². The molecule has 6 atom stereocenters. The lowest BCUT2D eigenvalue weighted by atomic mass is 9.96. The fourth-order valence-electron chi connectivity index (χ4n) is 13.5. The number of primary amides is 1. The van der Waals surface area contributed by atoms with E-state index < -0.39 is 128 Å². The molecule has 6 aliphatic rings. The van der Waals surface area contributed by atoms with Crippen LogP contribution in [0, 0.1) is 0 Å². The molecule has 0 radical (unpaired) electrons. The number of nitrogens with one attached hydrogen (secondary N) is 5. The zero-order chi connectivity index (χ0) is 66.6. The summed E-state index contributed by atoms with van der Waals surface area (Å²) in [6, 6.07) is 9.65. The molecular formula is C63H76F4N11O13PS. The number of alkyl halides is 4. The van der Waals surface area contributed by atoms with Crippen molar-refractivity contribution < 1.29 is 79.9 Å². The Balaban J connectivity index is 0.793. The van der Waals surface area contributed by atoms with Crippen molar-refractivity contribution in [1.29, 1.82) is 0 Å². The van der Waals surface area contributed by atoms with Gasteiger partial charge in [-0.05, 0) is 124 Å². The second-order valence-electron chi connectivity index (χ2n) is 24.9. The van der Waals surface area contributed by atoms with Gasteiger partial charge in [-0.1, -0.05) is 43.7 Å². The van der Waals surface area contributed by atoms with Crippen molar-refractivity contribution in [3.8, 4) is 0 Å². The molecule has 500 valence electrons. The van der Waals surface area contributed by atoms with E-state index in [1.807, 2.05) is 24.3 Å². The molecule has 0 saturated carbocycles. The minimum Gasteiger partial charge on any atom is -0.382 e. The average Bonchev–Trinajstić information content (AvgIpc) is 1.66. The standard InChI is InChI=1S/C63H76F4N11O13PS/c1-2-3-4-35-5-7-36(8-6-35)29-46(61(87)76-27-22-41(23-28-76)75-25-19-39(20-26-75)69-40-10-12-43-44(32-40)60(86)78(59(43)85)49-15-18-54(80)73-57(49)83)71-55(81)45(13-17-53(68)79)70-56(82)48-14-11-42-21-24-74(34-52(64)65)33-47(62(88)77(42)48)72-58(84)51-31-37-30-38(9-16-50(37)93-51)63(66,67)92(89,90)91/h5-10,12,16,30-32,39,41-42,45-49,52,69H,2-4,11,13-15,17-29,33-34H2,1H3,(H2,68,79)(H,70,82)(H,71,81)(H,72,84)(H,73,80,83)(H2,89,90,91)/t42-,45+,46+,47+,48+,49?/m1/s1. The lowest BCUT2D eigenvalue weighted by molar-refractivity contribution is -0.144. The van der Waals surface area contributed by atoms with Gasteiger partial charge < -0.3 is 51.5 Å². The molecule has 7 heterocycles. The SMILES string of the molecule is CCCCc1ccc(C[C@H](NC(=O)[C@H](CCC(N)=O)NC(=O)[C@@H]2CC[C@@H]3CCN(CC(F)F)C[C@H](NC(=O)c4cc5cc(C(F)(F)P(=O)(O)O)ccc5s4)C(=O)N32)C(=O)N2CCC(N3CCC(Nc4ccc5c(c4)C(=O)N(C4CCC(=O)NC4=O)C5=O)CC3)CC2)cc1. The van der Waals surface area contributed by atoms with Crippen LogP contribution in [-0.2, 0) is 56.6 Å². The molecule has 0 bridgehead atoms. The Kier molecular flexibility index (Phi) is 21.2. The van der Waals surface area contributed by atoms with Crippen molar-refractivity contribution in [2.45, 2.75) is 164 Å². The number of unbranched alkanes of at least 4 members (excludes halogenated alkanes) is 1. The normalized spacial score (nSPS) is 22.1. The van der Waals surface area contributed by atoms with E-state index in [1.165, 1.54) is 15.9 Å². The number of fused-ring (bicyclic) bond motifs is 3. The zero-order valence-electron chi connectivity index (χ0n) is 51.2. The van der Waals surface area contributed by atoms with E-state index in [4.69, 9.17) is 5.73 Å². The molecule has 0 spiro atoms. The summed E-state index contributed by atoms with van der Waals surface area (Å²) in [7, 11) is -5.94. The summed E-state index contributed by atoms with van der Waals surface area (Å²) < 4.78 is 69.1. The van der Waals surface area contributed by atoms with Gasteiger partial charge in [0.05, 0.1) is 22.5 Å². The fraction of sp³-hybridized carbons (Fsp3) is 0.524. The van der Waals surface area contributed by atoms with Crippen LogP contribution in [0.25, 0.3) is 10.1 Å². The van der Waals surface area contributed by atoms with Gasteiger partial charge in [0.25, 0.3) is 24.1 Å². The molecule has 3 aromatic carbocycles. The second kappa shape index (κ2) is 28.9. The molecule has 1 aromatic heterocycles. The highest BCUT2D eigenvalue weighted by atomic mass is 32.1. The van der Waals surface area contributed by atoms with E-state index in [0.717, 1.165) is 90.8 Å². The van der Waals surface area contributed by atoms with Gasteiger partial charge in [-0.25, -0.2) is 8.78 Å². The van der Waals surface area contributed by atoms with E-state index in [2.05, 4.69) is 38.4 Å². The Morgan fingerprint density at radius 3 is 2.17 bits per heavy atom. The molecule has 24 nitrogen and oxygen atoms in total. The molecule has 5 fully saturated rings. The molecule has 10 amide bonds. The number of amides is 10. The van der Waals surface area contributed by atoms with Gasteiger partial charge in [-0.3, -0.25) is 67.6 Å². The number of nitrogens with two attached hydrogens (primary N) is 1. The van der Waals surface area contributed by atoms with Crippen LogP contribution in [0.5, 0.6) is 0 Å². The number of thiophene rings is 1. The van der Waals surface area contributed by atoms with Gasteiger partial charge >= 0.3 is 13.3 Å². The van der Waals surface area contributed by atoms with Crippen LogP contribution in [0.4, 0.5) is 23.2 Å². The number of hydrogen-bond donors (Lipinski definition) is 8. The minimum atomic E-state index is -5.94. The summed E-state index contributed by atoms with van der Waals surface area (Å²) >= 11 is 0.815. The predicted molar refractivity (Wildman–Crippen MR) is 332 cm³/mol. The first-order valence-corrected chi connectivity index (χ1v) is 33.9. The fourth-order valence-corrected chi connectivity index (χ4v) is 15.0. The minimum absolute atomic E-state index is 0.0137. The maximum absolute atomic E-state index is 14.8. The summed E-state index contributed by atoms with van der Waals surface area (Å²) in [5.74, 6) is -6.79. The number of aryl methyl sites for hydroxylation is 1. The van der Waals surface area contributed by atoms with Crippen LogP contribution in [-0.4, -0.2) is 194 Å². The molecule has 1 unspecified atom stereocenters. The lowest BCUT2D eigenvalue weighted by Crippen LogP contribution is -2.62. The molecule has 93 heavy (non-hydrogen) atoms. The summed E-state index contributed by atoms with van der Waals surface area (Å²) in [6.45, 7) is 3.14. The van der Waals surface area contributed by atoms with Crippen LogP contribution in [0.2, 0.25) is 0 Å². The highest BCUT2D eigenvalue weighted by molar-refractivity contribution is 7.52. The van der Waals surface area contributed by atoms with Crippen LogP contribution < -0.4 is 32.3 Å². The third kappa shape index (κ3) is 15.6. The Morgan fingerprint density at radius 2 is 1.49 bits per heavy atom. The topological polar surface area (TPSA) is 331 Å². The molecule has 9 N–H and O–H groups in total. The molecular weight excluding hydrogens is 1260 g/mol. The third-order valence-corrected chi connectivity index (χ3v) is 20.7. The molecule has 0 aliphatic carbocycles. The van der Waals surface area contributed by atoms with Gasteiger partial charge in [0.2, 0.25) is 41.4 Å². The van der Waals surface area contributed by atoms with Crippen LogP contribution in [0.3, 0.4) is 0 Å². The van der Waals surface area contributed by atoms with E-state index in [0.29, 0.717) is 31.6 Å². The average molecular weight is 1330 g/mol. The van der Waals surface area contributed by atoms with Crippen molar-refractivity contribution >= 4 is 93.8 Å². The number of carbonyl (C=O) groups is 10. The summed E-state index contributed by atoms with van der Waals surface area (Å²) in [5.41, 5.74) is 2.91. The van der Waals surface area contributed by atoms with Crippen molar-refractivity contribution in [2.24, 2.45) is 5.73 Å². The highest BCUT2D eigenvalue weighted by Crippen LogP contribution is 2.59. The van der Waals surface area contributed by atoms with Crippen LogP contribution >= 0.6 is 18.9 Å². The van der Waals surface area contributed by atoms with Gasteiger partial charge in [0.15, 0.2) is 0 Å². The van der Waals surface area contributed by atoms with Gasteiger partial charge in [-0.2, -0.15) is 8.78 Å². The number of carbonyl (C=O) groups excluding carboxylic acids is 10. The quantitative estimate of drug-likeness (QED) is 0.0291. The third-order valence-electron chi connectivity index (χ3n) is 18.6. The molecule has 30 heteroatoms. The number of benzene rings is 3. The lowest BCUT2D eigenvalue weighted by Gasteiger charge is -2.42. The van der Waals surface area contributed by atoms with Crippen molar-refractivity contribution in [1.82, 2.24) is 45.8 Å². The first kappa shape index (κ1) is 68.2. The number of piperidine rings is 3. The molecule has 5 saturated heterocycles. The monoisotopic (exact) mass is 1330 g/mol. The number of imide groups is 2. The Bertz CT molecular complexity index is 3600. The maximum Gasteiger partial charge on any atom is 0.399 e. The Labute approximate surface area is 537 Å². The van der Waals surface area contributed by atoms with Crippen LogP contribution in [0.1, 0.15) is 137 Å². The van der Waals surface area contributed by atoms with Gasteiger partial charge in [0.1, 0.15) is 30.2 Å². The second-order valence-corrected chi connectivity index (χ2v) is 27.6. The highest BCUT2D eigenvalue weighted by Gasteiger charge is 2.51. The Hall–Kier alpha value is -7.69. The van der Waals surface area contributed by atoms with E-state index in [-0.39, 0.29) is 102 Å². The zero-order valence-corrected chi connectivity index (χ0v) is 52.9.